The first-order valence-corrected chi connectivity index (χ1v) is 26.0. The molecule has 2 N–H and O–H groups in total. The van der Waals surface area contributed by atoms with Crippen LogP contribution >= 0.6 is 46.4 Å². The molecular formula is C62H36B2Cl4N8O2. The molecule has 0 spiro atoms. The highest BCUT2D eigenvalue weighted by molar-refractivity contribution is 6.85. The van der Waals surface area contributed by atoms with Crippen molar-refractivity contribution in [1.82, 2.24) is 28.9 Å². The van der Waals surface area contributed by atoms with E-state index in [1.807, 2.05) is 146 Å². The van der Waals surface area contributed by atoms with Crippen LogP contribution in [0.25, 0.3) is 66.5 Å². The average molecular weight is 1090 g/mol. The van der Waals surface area contributed by atoms with Gasteiger partial charge in [-0.15, -0.1) is 0 Å². The minimum Gasteiger partial charge on any atom is -0.508 e. The van der Waals surface area contributed by atoms with Gasteiger partial charge in [-0.1, -0.05) is 190 Å². The second-order valence-corrected chi connectivity index (χ2v) is 20.0. The zero-order valence-electron chi connectivity index (χ0n) is 40.8. The molecule has 0 saturated heterocycles. The summed E-state index contributed by atoms with van der Waals surface area (Å²) in [5, 5.41) is 49.4. The van der Waals surface area contributed by atoms with Gasteiger partial charge in [-0.05, 0) is 83.9 Å². The van der Waals surface area contributed by atoms with Gasteiger partial charge >= 0.3 is 13.7 Å². The van der Waals surface area contributed by atoms with Gasteiger partial charge in [0, 0.05) is 22.2 Å². The molecular weight excluding hydrogens is 1050 g/mol. The van der Waals surface area contributed by atoms with Gasteiger partial charge < -0.3 is 19.2 Å². The van der Waals surface area contributed by atoms with Gasteiger partial charge in [-0.25, -0.2) is 9.97 Å². The number of phenolic OH excluding ortho intramolecular Hbond substituents is 2. The highest BCUT2D eigenvalue weighted by Gasteiger charge is 2.37. The van der Waals surface area contributed by atoms with Gasteiger partial charge in [-0.3, -0.25) is 9.97 Å². The summed E-state index contributed by atoms with van der Waals surface area (Å²) in [6, 6.07) is 65.4. The zero-order chi connectivity index (χ0) is 53.6. The maximum atomic E-state index is 12.2. The van der Waals surface area contributed by atoms with E-state index in [1.165, 1.54) is 0 Å². The number of benzene rings is 8. The van der Waals surface area contributed by atoms with E-state index in [9.17, 15) is 20.7 Å². The van der Waals surface area contributed by atoms with Gasteiger partial charge in [-0.2, -0.15) is 10.5 Å². The molecule has 0 saturated carbocycles. The van der Waals surface area contributed by atoms with Crippen molar-refractivity contribution in [2.24, 2.45) is 0 Å². The molecule has 0 bridgehead atoms. The number of nitrogens with zero attached hydrogens (tertiary/aromatic N) is 8. The average Bonchev–Trinajstić information content (AvgIpc) is 3.86. The maximum Gasteiger partial charge on any atom is 0.328 e. The monoisotopic (exact) mass is 1090 g/mol. The first-order chi connectivity index (χ1) is 38.1. The second-order valence-electron chi connectivity index (χ2n) is 18.4. The molecule has 16 heteroatoms. The standard InChI is InChI=1S/C62H36B2Cl4N8O2/c65-47-29-51-53(31-49(47)67)73-55(35-71-51)45(33-69)61-58-57(59(37-21-25-43(77)26-22-37)75(61)63(39-13-5-1-6-14-39)40-15-7-2-8-16-40)62(46(34-70)56-36-72-52-30-48(66)50(68)32-54(52)74-56)76(60(58)38-23-27-44(78)28-24-38)64(41-17-9-3-10-18-41)42-19-11-4-12-20-42/h1-32,35-36,77-78H/b61-45-,62-46-. The lowest BCUT2D eigenvalue weighted by atomic mass is 9.50. The summed E-state index contributed by atoms with van der Waals surface area (Å²) in [4.78, 5) is 19.9. The molecule has 0 radical (unpaired) electrons. The second kappa shape index (κ2) is 20.8. The van der Waals surface area contributed by atoms with Crippen molar-refractivity contribution in [2.45, 2.75) is 0 Å². The minimum absolute atomic E-state index is 0.0238. The molecule has 370 valence electrons. The smallest absolute Gasteiger partial charge is 0.328 e. The van der Waals surface area contributed by atoms with E-state index in [-0.39, 0.29) is 44.1 Å². The Hall–Kier alpha value is -9.13. The lowest BCUT2D eigenvalue weighted by Gasteiger charge is -2.24. The van der Waals surface area contributed by atoms with Crippen LogP contribution in [0, 0.1) is 22.7 Å². The fourth-order valence-electron chi connectivity index (χ4n) is 10.5. The van der Waals surface area contributed by atoms with Crippen molar-refractivity contribution < 1.29 is 10.2 Å². The predicted octanol–water partition coefficient (Wildman–Crippen LogP) is 10.4. The van der Waals surface area contributed by atoms with Crippen LogP contribution in [-0.4, -0.2) is 52.8 Å². The predicted molar refractivity (Wildman–Crippen MR) is 315 cm³/mol. The summed E-state index contributed by atoms with van der Waals surface area (Å²) >= 11 is 26.4. The lowest BCUT2D eigenvalue weighted by molar-refractivity contribution is 0.475. The van der Waals surface area contributed by atoms with Crippen LogP contribution in [0.1, 0.15) is 11.4 Å². The number of hydrogen-bond acceptors (Lipinski definition) is 8. The summed E-state index contributed by atoms with van der Waals surface area (Å²) in [6.45, 7) is -1.37. The van der Waals surface area contributed by atoms with Crippen molar-refractivity contribution in [3.05, 3.63) is 249 Å². The molecule has 12 aromatic rings. The summed E-state index contributed by atoms with van der Waals surface area (Å²) in [5.74, 6) is 0.0477. The SMILES string of the molecule is N#C/C(c1cnc2cc(Cl)c(Cl)cc2n1)=c1\c2c(-c3ccc(O)cc3)n(B(c3ccccc3)c3ccccc3)/c(=C(/C#N)c3cnc4cc(Cl)c(Cl)cc4n3)c2c(-c2ccc(O)cc2)n1B(c1ccccc1)c1ccccc1. The summed E-state index contributed by atoms with van der Waals surface area (Å²) < 4.78 is 4.28. The third-order valence-corrected chi connectivity index (χ3v) is 15.2. The number of rotatable bonds is 10. The normalized spacial score (nSPS) is 12.1. The van der Waals surface area contributed by atoms with E-state index in [1.54, 1.807) is 60.9 Å². The van der Waals surface area contributed by atoms with Gasteiger partial charge in [0.1, 0.15) is 46.2 Å². The highest BCUT2D eigenvalue weighted by atomic mass is 35.5. The van der Waals surface area contributed by atoms with E-state index in [2.05, 4.69) is 21.1 Å². The molecule has 12 rings (SSSR count). The number of fused-ring (bicyclic) bond motifs is 3. The summed E-state index contributed by atoms with van der Waals surface area (Å²) in [6.07, 6.45) is 3.11. The number of aromatic hydroxyl groups is 2. The first-order valence-electron chi connectivity index (χ1n) is 24.5. The Kier molecular flexibility index (Phi) is 13.2. The van der Waals surface area contributed by atoms with Crippen LogP contribution in [0.5, 0.6) is 11.5 Å². The molecule has 0 aliphatic heterocycles. The van der Waals surface area contributed by atoms with E-state index in [0.717, 1.165) is 21.9 Å². The van der Waals surface area contributed by atoms with Crippen molar-refractivity contribution >= 4 is 126 Å². The van der Waals surface area contributed by atoms with Crippen LogP contribution in [-0.2, 0) is 0 Å². The third kappa shape index (κ3) is 8.87. The molecule has 0 unspecified atom stereocenters. The van der Waals surface area contributed by atoms with Crippen LogP contribution in [0.3, 0.4) is 0 Å². The first kappa shape index (κ1) is 49.7. The quantitative estimate of drug-likeness (QED) is 0.129. The Morgan fingerprint density at radius 3 is 1.00 bits per heavy atom. The number of hydrogen-bond donors (Lipinski definition) is 2. The number of nitriles is 2. The Bertz CT molecular complexity index is 4170. The third-order valence-electron chi connectivity index (χ3n) is 13.8. The molecule has 4 aromatic heterocycles. The topological polar surface area (TPSA) is 149 Å². The zero-order valence-corrected chi connectivity index (χ0v) is 43.8. The maximum absolute atomic E-state index is 12.2. The summed E-state index contributed by atoms with van der Waals surface area (Å²) in [5.41, 5.74) is 8.22. The number of aromatic nitrogens is 6. The largest absolute Gasteiger partial charge is 0.508 e. The van der Waals surface area contributed by atoms with Crippen molar-refractivity contribution in [2.75, 3.05) is 0 Å². The fourth-order valence-corrected chi connectivity index (χ4v) is 11.1. The number of halogens is 4. The molecule has 0 aliphatic rings. The molecule has 4 heterocycles. The van der Waals surface area contributed by atoms with Crippen molar-refractivity contribution in [3.8, 4) is 46.2 Å². The van der Waals surface area contributed by atoms with Gasteiger partial charge in [0.25, 0.3) is 0 Å². The van der Waals surface area contributed by atoms with E-state index in [0.29, 0.717) is 76.1 Å². The minimum atomic E-state index is -0.686. The van der Waals surface area contributed by atoms with Crippen LogP contribution < -0.4 is 32.5 Å². The molecule has 0 atom stereocenters. The Balaban J connectivity index is 1.44. The van der Waals surface area contributed by atoms with Gasteiger partial charge in [0.2, 0.25) is 0 Å². The van der Waals surface area contributed by atoms with Gasteiger partial charge in [0.15, 0.2) is 0 Å². The van der Waals surface area contributed by atoms with Gasteiger partial charge in [0.05, 0.1) is 65.2 Å². The molecule has 0 amide bonds. The highest BCUT2D eigenvalue weighted by Crippen LogP contribution is 2.38. The molecule has 78 heavy (non-hydrogen) atoms. The molecule has 0 aliphatic carbocycles. The van der Waals surface area contributed by atoms with E-state index >= 15 is 0 Å². The van der Waals surface area contributed by atoms with Crippen molar-refractivity contribution in [3.63, 3.8) is 0 Å². The Morgan fingerprint density at radius 2 is 0.705 bits per heavy atom. The molecule has 0 fully saturated rings. The summed E-state index contributed by atoms with van der Waals surface area (Å²) in [7, 11) is 0. The van der Waals surface area contributed by atoms with Crippen molar-refractivity contribution in [1.29, 1.82) is 10.5 Å². The van der Waals surface area contributed by atoms with E-state index < -0.39 is 13.7 Å². The molecule has 10 nitrogen and oxygen atoms in total. The van der Waals surface area contributed by atoms with E-state index in [4.69, 9.17) is 66.3 Å². The number of phenols is 2. The van der Waals surface area contributed by atoms with Crippen LogP contribution in [0.15, 0.2) is 207 Å². The lowest BCUT2D eigenvalue weighted by Crippen LogP contribution is -2.54. The Labute approximate surface area is 467 Å². The molecule has 8 aromatic carbocycles. The fraction of sp³-hybridized carbons (Fsp3) is 0. The van der Waals surface area contributed by atoms with Crippen LogP contribution in [0.2, 0.25) is 20.1 Å². The Morgan fingerprint density at radius 1 is 0.410 bits per heavy atom. The van der Waals surface area contributed by atoms with Crippen LogP contribution in [0.4, 0.5) is 0 Å².